The number of aryl methyl sites for hydroxylation is 1. The standard InChI is InChI=1S/C22H24N2O2/c1-2-17-10-12-19(13-11-17)26-16-22(25)24-15-14-23-21-9-5-7-18-6-3-4-8-20(18)21/h3-13,23H,2,14-16H2,1H3,(H,24,25). The number of fused-ring (bicyclic) bond motifs is 1. The molecule has 4 nitrogen and oxygen atoms in total. The molecule has 0 spiro atoms. The third-order valence-electron chi connectivity index (χ3n) is 4.25. The molecule has 3 aromatic rings. The van der Waals surface area contributed by atoms with Crippen molar-refractivity contribution in [3.05, 3.63) is 72.3 Å². The van der Waals surface area contributed by atoms with Crippen LogP contribution >= 0.6 is 0 Å². The molecule has 0 radical (unpaired) electrons. The van der Waals surface area contributed by atoms with Gasteiger partial charge >= 0.3 is 0 Å². The third kappa shape index (κ3) is 4.76. The van der Waals surface area contributed by atoms with Crippen LogP contribution in [0.3, 0.4) is 0 Å². The van der Waals surface area contributed by atoms with Gasteiger partial charge in [0.2, 0.25) is 0 Å². The van der Waals surface area contributed by atoms with Crippen LogP contribution in [0.2, 0.25) is 0 Å². The SMILES string of the molecule is CCc1ccc(OCC(=O)NCCNc2cccc3ccccc23)cc1. The van der Waals surface area contributed by atoms with Crippen molar-refractivity contribution in [2.24, 2.45) is 0 Å². The zero-order valence-electron chi connectivity index (χ0n) is 15.0. The Labute approximate surface area is 154 Å². The van der Waals surface area contributed by atoms with E-state index in [2.05, 4.69) is 35.8 Å². The van der Waals surface area contributed by atoms with Crippen molar-refractivity contribution >= 4 is 22.4 Å². The minimum absolute atomic E-state index is 0.0275. The molecule has 26 heavy (non-hydrogen) atoms. The van der Waals surface area contributed by atoms with Gasteiger partial charge in [0.25, 0.3) is 5.91 Å². The van der Waals surface area contributed by atoms with E-state index in [1.54, 1.807) is 0 Å². The van der Waals surface area contributed by atoms with E-state index in [-0.39, 0.29) is 12.5 Å². The summed E-state index contributed by atoms with van der Waals surface area (Å²) >= 11 is 0. The molecule has 0 aromatic heterocycles. The highest BCUT2D eigenvalue weighted by Gasteiger charge is 2.03. The molecule has 3 rings (SSSR count). The van der Waals surface area contributed by atoms with E-state index in [1.807, 2.05) is 48.5 Å². The van der Waals surface area contributed by atoms with Crippen LogP contribution in [0, 0.1) is 0 Å². The minimum Gasteiger partial charge on any atom is -0.484 e. The summed E-state index contributed by atoms with van der Waals surface area (Å²) in [5, 5.41) is 8.62. The molecule has 0 unspecified atom stereocenters. The van der Waals surface area contributed by atoms with Crippen LogP contribution in [0.15, 0.2) is 66.7 Å². The number of amides is 1. The zero-order valence-corrected chi connectivity index (χ0v) is 15.0. The first kappa shape index (κ1) is 17.8. The van der Waals surface area contributed by atoms with Crippen molar-refractivity contribution in [1.82, 2.24) is 5.32 Å². The van der Waals surface area contributed by atoms with E-state index in [4.69, 9.17) is 4.74 Å². The Morgan fingerprint density at radius 2 is 1.69 bits per heavy atom. The van der Waals surface area contributed by atoms with Gasteiger partial charge in [0.1, 0.15) is 5.75 Å². The maximum Gasteiger partial charge on any atom is 0.258 e. The van der Waals surface area contributed by atoms with Crippen LogP contribution < -0.4 is 15.4 Å². The molecule has 134 valence electrons. The van der Waals surface area contributed by atoms with Crippen molar-refractivity contribution in [3.63, 3.8) is 0 Å². The van der Waals surface area contributed by atoms with Gasteiger partial charge in [-0.25, -0.2) is 0 Å². The summed E-state index contributed by atoms with van der Waals surface area (Å²) in [6.45, 7) is 3.33. The minimum atomic E-state index is -0.121. The fourth-order valence-electron chi connectivity index (χ4n) is 2.80. The lowest BCUT2D eigenvalue weighted by Crippen LogP contribution is -2.32. The van der Waals surface area contributed by atoms with Crippen LogP contribution in [-0.2, 0) is 11.2 Å². The molecular weight excluding hydrogens is 324 g/mol. The van der Waals surface area contributed by atoms with Crippen molar-refractivity contribution < 1.29 is 9.53 Å². The van der Waals surface area contributed by atoms with E-state index < -0.39 is 0 Å². The number of ether oxygens (including phenoxy) is 1. The lowest BCUT2D eigenvalue weighted by atomic mass is 10.1. The second kappa shape index (κ2) is 8.90. The summed E-state index contributed by atoms with van der Waals surface area (Å²) in [5.41, 5.74) is 2.32. The molecule has 0 saturated carbocycles. The Balaban J connectivity index is 1.40. The van der Waals surface area contributed by atoms with Crippen molar-refractivity contribution in [2.45, 2.75) is 13.3 Å². The van der Waals surface area contributed by atoms with Crippen molar-refractivity contribution in [2.75, 3.05) is 25.0 Å². The van der Waals surface area contributed by atoms with Crippen LogP contribution in [0.1, 0.15) is 12.5 Å². The van der Waals surface area contributed by atoms with Crippen molar-refractivity contribution in [1.29, 1.82) is 0 Å². The van der Waals surface area contributed by atoms with E-state index in [1.165, 1.54) is 16.3 Å². The molecule has 0 aliphatic carbocycles. The summed E-state index contributed by atoms with van der Waals surface area (Å²) in [5.74, 6) is 0.593. The number of carbonyl (C=O) groups is 1. The molecular formula is C22H24N2O2. The Kier molecular flexibility index (Phi) is 6.09. The summed E-state index contributed by atoms with van der Waals surface area (Å²) in [6.07, 6.45) is 0.991. The van der Waals surface area contributed by atoms with Gasteiger partial charge in [-0.05, 0) is 35.6 Å². The maximum absolute atomic E-state index is 11.9. The normalized spacial score (nSPS) is 10.5. The number of hydrogen-bond donors (Lipinski definition) is 2. The molecule has 4 heteroatoms. The quantitative estimate of drug-likeness (QED) is 0.605. The smallest absolute Gasteiger partial charge is 0.258 e. The number of rotatable bonds is 8. The Morgan fingerprint density at radius 1 is 0.923 bits per heavy atom. The van der Waals surface area contributed by atoms with E-state index in [0.29, 0.717) is 18.8 Å². The van der Waals surface area contributed by atoms with Gasteiger partial charge in [-0.2, -0.15) is 0 Å². The lowest BCUT2D eigenvalue weighted by molar-refractivity contribution is -0.123. The van der Waals surface area contributed by atoms with E-state index in [9.17, 15) is 4.79 Å². The van der Waals surface area contributed by atoms with Crippen LogP contribution in [-0.4, -0.2) is 25.6 Å². The molecule has 0 bridgehead atoms. The highest BCUT2D eigenvalue weighted by atomic mass is 16.5. The second-order valence-corrected chi connectivity index (χ2v) is 6.09. The van der Waals surface area contributed by atoms with Crippen LogP contribution in [0.4, 0.5) is 5.69 Å². The molecule has 3 aromatic carbocycles. The molecule has 0 saturated heterocycles. The van der Waals surface area contributed by atoms with E-state index in [0.717, 1.165) is 12.1 Å². The summed E-state index contributed by atoms with van der Waals surface area (Å²) in [4.78, 5) is 11.9. The first-order valence-electron chi connectivity index (χ1n) is 8.96. The Bertz CT molecular complexity index is 854. The fraction of sp³-hybridized carbons (Fsp3) is 0.227. The fourth-order valence-corrected chi connectivity index (χ4v) is 2.80. The molecule has 0 aliphatic rings. The molecule has 2 N–H and O–H groups in total. The third-order valence-corrected chi connectivity index (χ3v) is 4.25. The van der Waals surface area contributed by atoms with Gasteiger partial charge in [-0.3, -0.25) is 4.79 Å². The monoisotopic (exact) mass is 348 g/mol. The van der Waals surface area contributed by atoms with Gasteiger partial charge in [0.05, 0.1) is 0 Å². The van der Waals surface area contributed by atoms with Gasteiger partial charge < -0.3 is 15.4 Å². The van der Waals surface area contributed by atoms with E-state index >= 15 is 0 Å². The molecule has 0 atom stereocenters. The second-order valence-electron chi connectivity index (χ2n) is 6.09. The van der Waals surface area contributed by atoms with Gasteiger partial charge in [0, 0.05) is 24.2 Å². The first-order chi connectivity index (χ1) is 12.8. The van der Waals surface area contributed by atoms with Gasteiger partial charge in [-0.1, -0.05) is 55.5 Å². The summed E-state index contributed by atoms with van der Waals surface area (Å²) in [6, 6.07) is 22.2. The molecule has 0 fully saturated rings. The number of hydrogen-bond acceptors (Lipinski definition) is 3. The number of benzene rings is 3. The average molecular weight is 348 g/mol. The predicted molar refractivity (Wildman–Crippen MR) is 107 cm³/mol. The lowest BCUT2D eigenvalue weighted by Gasteiger charge is -2.11. The highest BCUT2D eigenvalue weighted by molar-refractivity contribution is 5.93. The number of anilines is 1. The topological polar surface area (TPSA) is 50.4 Å². The molecule has 0 heterocycles. The van der Waals surface area contributed by atoms with Crippen LogP contribution in [0.25, 0.3) is 10.8 Å². The van der Waals surface area contributed by atoms with Gasteiger partial charge in [0.15, 0.2) is 6.61 Å². The average Bonchev–Trinajstić information content (AvgIpc) is 2.70. The zero-order chi connectivity index (χ0) is 18.2. The summed E-state index contributed by atoms with van der Waals surface area (Å²) < 4.78 is 5.51. The largest absolute Gasteiger partial charge is 0.484 e. The molecule has 1 amide bonds. The number of nitrogens with one attached hydrogen (secondary N) is 2. The van der Waals surface area contributed by atoms with Crippen molar-refractivity contribution in [3.8, 4) is 5.75 Å². The Morgan fingerprint density at radius 3 is 2.50 bits per heavy atom. The van der Waals surface area contributed by atoms with Gasteiger partial charge in [-0.15, -0.1) is 0 Å². The van der Waals surface area contributed by atoms with Crippen LogP contribution in [0.5, 0.6) is 5.75 Å². The summed E-state index contributed by atoms with van der Waals surface area (Å²) in [7, 11) is 0. The maximum atomic E-state index is 11.9. The molecule has 0 aliphatic heterocycles. The highest BCUT2D eigenvalue weighted by Crippen LogP contribution is 2.22. The first-order valence-corrected chi connectivity index (χ1v) is 8.96. The Hall–Kier alpha value is -3.01. The predicted octanol–water partition coefficient (Wildman–Crippen LogP) is 4.01. The number of carbonyl (C=O) groups excluding carboxylic acids is 1.